The van der Waals surface area contributed by atoms with Crippen LogP contribution >= 0.6 is 0 Å². The van der Waals surface area contributed by atoms with E-state index in [0.717, 1.165) is 44.5 Å². The number of hydrogen-bond donors (Lipinski definition) is 5. The van der Waals surface area contributed by atoms with Crippen LogP contribution in [0, 0.1) is 27.1 Å². The van der Waals surface area contributed by atoms with Gasteiger partial charge in [0, 0.05) is 36.8 Å². The molecule has 0 aliphatic heterocycles. The smallest absolute Gasteiger partial charge is 0.127 e. The number of aromatic hydroxyl groups is 5. The van der Waals surface area contributed by atoms with Crippen LogP contribution in [0.1, 0.15) is 245 Å². The van der Waals surface area contributed by atoms with Crippen molar-refractivity contribution >= 4 is 0 Å². The van der Waals surface area contributed by atoms with E-state index >= 15 is 0 Å². The molecule has 0 heterocycles. The molecule has 1 aliphatic carbocycles. The van der Waals surface area contributed by atoms with E-state index in [1.165, 1.54) is 0 Å². The molecule has 5 aromatic carbocycles. The molecule has 6 rings (SSSR count). The molecule has 5 aromatic rings. The maximum Gasteiger partial charge on any atom is 0.127 e. The summed E-state index contributed by atoms with van der Waals surface area (Å²) in [6.45, 7) is 56.3. The molecule has 0 atom stereocenters. The maximum absolute atomic E-state index is 13.1. The van der Waals surface area contributed by atoms with Gasteiger partial charge in [-0.2, -0.15) is 0 Å². The highest BCUT2D eigenvalue weighted by molar-refractivity contribution is 5.80. The van der Waals surface area contributed by atoms with Crippen molar-refractivity contribution in [1.29, 1.82) is 0 Å². The Balaban J connectivity index is 1.92. The molecule has 1 aliphatic rings. The van der Waals surface area contributed by atoms with E-state index in [2.05, 4.69) is 222 Å². The van der Waals surface area contributed by atoms with Gasteiger partial charge < -0.3 is 25.5 Å². The fourth-order valence-electron chi connectivity index (χ4n) is 10.3. The summed E-state index contributed by atoms with van der Waals surface area (Å²) in [7, 11) is 0. The number of hydrogen-bond acceptors (Lipinski definition) is 5. The van der Waals surface area contributed by atoms with Crippen molar-refractivity contribution in [3.8, 4) is 39.9 Å². The van der Waals surface area contributed by atoms with Gasteiger partial charge in [0.15, 0.2) is 0 Å². The fourth-order valence-corrected chi connectivity index (χ4v) is 10.3. The van der Waals surface area contributed by atoms with Crippen LogP contribution < -0.4 is 0 Å². The maximum atomic E-state index is 13.1. The Morgan fingerprint density at radius 2 is 0.446 bits per heavy atom. The van der Waals surface area contributed by atoms with Gasteiger partial charge in [0.05, 0.1) is 0 Å². The molecule has 404 valence electrons. The lowest BCUT2D eigenvalue weighted by Crippen LogP contribution is -2.36. The quantitative estimate of drug-likeness (QED) is 0.118. The van der Waals surface area contributed by atoms with E-state index < -0.39 is 16.2 Å². The molecular weight excluding hydrogens is 909 g/mol. The van der Waals surface area contributed by atoms with Gasteiger partial charge in [0.2, 0.25) is 0 Å². The van der Waals surface area contributed by atoms with Gasteiger partial charge in [-0.25, -0.2) is 0 Å². The van der Waals surface area contributed by atoms with Crippen molar-refractivity contribution in [1.82, 2.24) is 0 Å². The minimum absolute atomic E-state index is 0.0540. The Hall–Kier alpha value is -4.90. The average Bonchev–Trinajstić information content (AvgIpc) is 3.22. The molecule has 0 saturated heterocycles. The minimum Gasteiger partial charge on any atom is -0.508 e. The van der Waals surface area contributed by atoms with Crippen LogP contribution in [0.25, 0.3) is 11.1 Å². The molecule has 0 radical (unpaired) electrons. The number of benzene rings is 5. The summed E-state index contributed by atoms with van der Waals surface area (Å²) in [5.41, 5.74) is 9.22. The van der Waals surface area contributed by atoms with Gasteiger partial charge in [0.25, 0.3) is 0 Å². The Bertz CT molecular complexity index is 2970. The molecule has 0 saturated carbocycles. The Labute approximate surface area is 449 Å². The minimum atomic E-state index is -0.478. The van der Waals surface area contributed by atoms with Crippen LogP contribution in [0.4, 0.5) is 0 Å². The van der Waals surface area contributed by atoms with Crippen LogP contribution in [0.5, 0.6) is 28.7 Å². The average molecular weight is 1010 g/mol. The molecule has 5 N–H and O–H groups in total. The zero-order valence-electron chi connectivity index (χ0n) is 50.8. The summed E-state index contributed by atoms with van der Waals surface area (Å²) >= 11 is 0. The van der Waals surface area contributed by atoms with Crippen LogP contribution in [-0.4, -0.2) is 25.5 Å². The van der Waals surface area contributed by atoms with Gasteiger partial charge in [-0.3, -0.25) is 0 Å². The molecule has 5 nitrogen and oxygen atoms in total. The first-order chi connectivity index (χ1) is 33.2. The van der Waals surface area contributed by atoms with E-state index in [0.29, 0.717) is 51.8 Å². The summed E-state index contributed by atoms with van der Waals surface area (Å²) in [5, 5.41) is 64.0. The van der Waals surface area contributed by atoms with Crippen molar-refractivity contribution < 1.29 is 25.5 Å². The highest BCUT2D eigenvalue weighted by Crippen LogP contribution is 2.53. The SMILES string of the molecule is CC(C)(C)C(C)(C)c1cc2c(O)c(c1)Cc1cc(C(C)(C)C(C)(C)C)cc(c1O)-c1cc(C(C)(C)C(C)(C)C)cc(c1O)Cc1cc(O)cc(c1C(C)(C)C(C)(C)C)Cc1cc(C(C)(C)C(C)(C)C)cc(c1O)C2. The van der Waals surface area contributed by atoms with Gasteiger partial charge in [0.1, 0.15) is 28.7 Å². The Morgan fingerprint density at radius 1 is 0.243 bits per heavy atom. The first kappa shape index (κ1) is 58.4. The number of fused-ring (bicyclic) bond motifs is 11. The van der Waals surface area contributed by atoms with Crippen LogP contribution in [0.2, 0.25) is 0 Å². The molecule has 74 heavy (non-hydrogen) atoms. The number of phenols is 5. The molecule has 0 amide bonds. The van der Waals surface area contributed by atoms with Crippen LogP contribution in [0.15, 0.2) is 60.7 Å². The van der Waals surface area contributed by atoms with Crippen molar-refractivity contribution in [2.24, 2.45) is 27.1 Å². The summed E-state index contributed by atoms with van der Waals surface area (Å²) in [5.74, 6) is 0.539. The molecule has 0 fully saturated rings. The van der Waals surface area contributed by atoms with E-state index in [-0.39, 0.29) is 79.5 Å². The van der Waals surface area contributed by atoms with Gasteiger partial charge in [-0.1, -0.05) is 209 Å². The zero-order chi connectivity index (χ0) is 56.4. The standard InChI is InChI=1S/C69H98O5/c1-60(2,3)65(16,17)48-30-42-26-40-36-52(70)37-41(55(40)69(24,25)64(13,14)15)27-46-34-50(67(20,21)62(7,8)9)38-53(58(46)73)54-39-51(68(22,23)63(10,11)12)35-47(59(54)74)29-45-33-49(66(18,19)61(4,5)6)32-44(57(45)72)28-43(31-48)56(42)71/h30-39,70-74H,26-29H2,1-25H3. The summed E-state index contributed by atoms with van der Waals surface area (Å²) in [6.07, 6.45) is 1.10. The van der Waals surface area contributed by atoms with E-state index in [1.807, 2.05) is 12.1 Å². The fraction of sp³-hybridized carbons (Fsp3) is 0.565. The molecule has 0 unspecified atom stereocenters. The zero-order valence-corrected chi connectivity index (χ0v) is 50.8. The highest BCUT2D eigenvalue weighted by Gasteiger charge is 2.42. The highest BCUT2D eigenvalue weighted by atomic mass is 16.3. The third kappa shape index (κ3) is 10.1. The van der Waals surface area contributed by atoms with Crippen molar-refractivity contribution in [2.75, 3.05) is 0 Å². The first-order valence-electron chi connectivity index (χ1n) is 27.5. The second-order valence-electron chi connectivity index (χ2n) is 30.6. The Morgan fingerprint density at radius 3 is 0.676 bits per heavy atom. The van der Waals surface area contributed by atoms with Gasteiger partial charge in [-0.05, 0) is 151 Å². The predicted molar refractivity (Wildman–Crippen MR) is 313 cm³/mol. The van der Waals surface area contributed by atoms with Crippen LogP contribution in [-0.2, 0) is 52.8 Å². The summed E-state index contributed by atoms with van der Waals surface area (Å²) in [4.78, 5) is 0. The summed E-state index contributed by atoms with van der Waals surface area (Å²) < 4.78 is 0. The lowest BCUT2D eigenvalue weighted by atomic mass is 9.62. The monoisotopic (exact) mass is 1010 g/mol. The van der Waals surface area contributed by atoms with Gasteiger partial charge >= 0.3 is 0 Å². The molecular formula is C69H98O5. The molecule has 5 heteroatoms. The van der Waals surface area contributed by atoms with E-state index in [1.54, 1.807) is 0 Å². The van der Waals surface area contributed by atoms with E-state index in [9.17, 15) is 25.5 Å². The third-order valence-electron chi connectivity index (χ3n) is 20.9. The number of rotatable bonds is 5. The van der Waals surface area contributed by atoms with Crippen molar-refractivity contribution in [3.05, 3.63) is 133 Å². The second kappa shape index (κ2) is 18.4. The molecule has 0 spiro atoms. The molecule has 0 aromatic heterocycles. The number of phenolic OH excluding ortho intramolecular Hbond substituents is 5. The predicted octanol–water partition coefficient (Wildman–Crippen LogP) is 18.2. The first-order valence-corrected chi connectivity index (χ1v) is 27.5. The normalized spacial score (nSPS) is 14.9. The molecule has 10 bridgehead atoms. The topological polar surface area (TPSA) is 101 Å². The van der Waals surface area contributed by atoms with Crippen LogP contribution in [0.3, 0.4) is 0 Å². The van der Waals surface area contributed by atoms with Crippen molar-refractivity contribution in [2.45, 2.75) is 226 Å². The largest absolute Gasteiger partial charge is 0.508 e. The Kier molecular flexibility index (Phi) is 14.5. The third-order valence-corrected chi connectivity index (χ3v) is 20.9. The van der Waals surface area contributed by atoms with Crippen molar-refractivity contribution in [3.63, 3.8) is 0 Å². The van der Waals surface area contributed by atoms with Gasteiger partial charge in [-0.15, -0.1) is 0 Å². The lowest BCUT2D eigenvalue weighted by Gasteiger charge is -2.42. The lowest BCUT2D eigenvalue weighted by molar-refractivity contribution is 0.222. The van der Waals surface area contributed by atoms with E-state index in [4.69, 9.17) is 0 Å². The second-order valence-corrected chi connectivity index (χ2v) is 30.6. The summed E-state index contributed by atoms with van der Waals surface area (Å²) in [6, 6.07) is 20.7.